The Kier molecular flexibility index (Phi) is 4.29. The van der Waals surface area contributed by atoms with Crippen molar-refractivity contribution in [3.63, 3.8) is 0 Å². The largest absolute Gasteiger partial charge is 0.497 e. The van der Waals surface area contributed by atoms with Crippen LogP contribution in [0.15, 0.2) is 53.2 Å². The van der Waals surface area contributed by atoms with E-state index in [4.69, 9.17) is 14.2 Å². The van der Waals surface area contributed by atoms with E-state index in [0.29, 0.717) is 22.6 Å². The number of aliphatic imine (C=N–C) groups is 1. The summed E-state index contributed by atoms with van der Waals surface area (Å²) < 4.78 is 28.5. The molecule has 0 atom stereocenters. The first-order valence-electron chi connectivity index (χ1n) is 7.10. The first-order valence-corrected chi connectivity index (χ1v) is 7.10. The van der Waals surface area contributed by atoms with Gasteiger partial charge in [0, 0.05) is 11.6 Å². The van der Waals surface area contributed by atoms with Gasteiger partial charge in [-0.1, -0.05) is 12.1 Å². The molecule has 0 aliphatic carbocycles. The topological polar surface area (TPSA) is 57.1 Å². The van der Waals surface area contributed by atoms with Gasteiger partial charge in [0.1, 0.15) is 17.3 Å². The predicted octanol–water partition coefficient (Wildman–Crippen LogP) is 3.19. The fourth-order valence-electron chi connectivity index (χ4n) is 2.18. The Balaban J connectivity index is 1.95. The fraction of sp³-hybridized carbons (Fsp3) is 0.111. The van der Waals surface area contributed by atoms with E-state index in [9.17, 15) is 9.18 Å². The number of methoxy groups -OCH3 is 2. The lowest BCUT2D eigenvalue weighted by Crippen LogP contribution is -2.06. The lowest BCUT2D eigenvalue weighted by molar-refractivity contribution is -0.129. The zero-order valence-electron chi connectivity index (χ0n) is 13.1. The van der Waals surface area contributed by atoms with Gasteiger partial charge in [-0.25, -0.2) is 14.2 Å². The van der Waals surface area contributed by atoms with Gasteiger partial charge in [-0.3, -0.25) is 0 Å². The Labute approximate surface area is 138 Å². The lowest BCUT2D eigenvalue weighted by atomic mass is 10.2. The highest BCUT2D eigenvalue weighted by Gasteiger charge is 2.25. The Morgan fingerprint density at radius 2 is 1.67 bits per heavy atom. The van der Waals surface area contributed by atoms with Gasteiger partial charge in [0.05, 0.1) is 14.2 Å². The van der Waals surface area contributed by atoms with Crippen LogP contribution in [0.4, 0.5) is 4.39 Å². The number of ether oxygens (including phenoxy) is 3. The Morgan fingerprint density at radius 3 is 2.25 bits per heavy atom. The van der Waals surface area contributed by atoms with Gasteiger partial charge >= 0.3 is 5.97 Å². The van der Waals surface area contributed by atoms with E-state index in [2.05, 4.69) is 4.99 Å². The third-order valence-electron chi connectivity index (χ3n) is 3.39. The number of rotatable bonds is 4. The van der Waals surface area contributed by atoms with Crippen molar-refractivity contribution >= 4 is 17.9 Å². The molecule has 122 valence electrons. The first-order chi connectivity index (χ1) is 11.6. The van der Waals surface area contributed by atoms with Gasteiger partial charge in [0.25, 0.3) is 0 Å². The average Bonchev–Trinajstić information content (AvgIpc) is 2.97. The average molecular weight is 327 g/mol. The van der Waals surface area contributed by atoms with Crippen molar-refractivity contribution in [2.45, 2.75) is 0 Å². The molecule has 5 nitrogen and oxygen atoms in total. The summed E-state index contributed by atoms with van der Waals surface area (Å²) in [5.74, 6) is 0.346. The molecule has 1 aliphatic heterocycles. The molecule has 3 rings (SSSR count). The minimum atomic E-state index is -0.573. The van der Waals surface area contributed by atoms with Crippen molar-refractivity contribution < 1.29 is 23.4 Å². The van der Waals surface area contributed by atoms with Crippen LogP contribution in [-0.2, 0) is 9.53 Å². The van der Waals surface area contributed by atoms with Crippen molar-refractivity contribution in [1.29, 1.82) is 0 Å². The van der Waals surface area contributed by atoms with Crippen molar-refractivity contribution in [3.05, 3.63) is 65.1 Å². The second-order valence-electron chi connectivity index (χ2n) is 4.99. The summed E-state index contributed by atoms with van der Waals surface area (Å²) in [5.41, 5.74) is 1.34. The van der Waals surface area contributed by atoms with Gasteiger partial charge in [-0.15, -0.1) is 0 Å². The fourth-order valence-corrected chi connectivity index (χ4v) is 2.18. The molecule has 0 spiro atoms. The smallest absolute Gasteiger partial charge is 0.363 e. The maximum Gasteiger partial charge on any atom is 0.363 e. The monoisotopic (exact) mass is 327 g/mol. The van der Waals surface area contributed by atoms with Crippen LogP contribution < -0.4 is 9.47 Å². The summed E-state index contributed by atoms with van der Waals surface area (Å²) >= 11 is 0. The van der Waals surface area contributed by atoms with Crippen LogP contribution in [0, 0.1) is 5.82 Å². The van der Waals surface area contributed by atoms with Crippen molar-refractivity contribution in [1.82, 2.24) is 0 Å². The number of benzene rings is 2. The van der Waals surface area contributed by atoms with E-state index >= 15 is 0 Å². The van der Waals surface area contributed by atoms with Gasteiger partial charge in [0.2, 0.25) is 5.90 Å². The number of esters is 1. The van der Waals surface area contributed by atoms with E-state index in [1.165, 1.54) is 32.4 Å². The first kappa shape index (κ1) is 15.7. The number of carbonyl (C=O) groups is 1. The molecule has 2 aromatic carbocycles. The van der Waals surface area contributed by atoms with Crippen molar-refractivity contribution in [2.24, 2.45) is 4.99 Å². The van der Waals surface area contributed by atoms with Gasteiger partial charge in [-0.2, -0.15) is 0 Å². The van der Waals surface area contributed by atoms with Gasteiger partial charge in [-0.05, 0) is 35.9 Å². The molecular weight excluding hydrogens is 313 g/mol. The molecule has 0 radical (unpaired) electrons. The minimum absolute atomic E-state index is 0.137. The molecule has 6 heteroatoms. The molecule has 24 heavy (non-hydrogen) atoms. The highest BCUT2D eigenvalue weighted by Crippen LogP contribution is 2.26. The van der Waals surface area contributed by atoms with Crippen LogP contribution in [0.3, 0.4) is 0 Å². The normalized spacial score (nSPS) is 15.2. The van der Waals surface area contributed by atoms with E-state index in [-0.39, 0.29) is 17.4 Å². The molecule has 0 N–H and O–H groups in total. The third-order valence-corrected chi connectivity index (χ3v) is 3.39. The molecule has 0 saturated heterocycles. The van der Waals surface area contributed by atoms with Crippen LogP contribution in [-0.4, -0.2) is 26.1 Å². The molecular formula is C18H14FNO4. The van der Waals surface area contributed by atoms with E-state index in [1.54, 1.807) is 30.3 Å². The van der Waals surface area contributed by atoms with Crippen LogP contribution >= 0.6 is 0 Å². The Bertz CT molecular complexity index is 818. The second kappa shape index (κ2) is 6.54. The maximum atomic E-state index is 12.9. The Hall–Kier alpha value is -3.15. The van der Waals surface area contributed by atoms with Crippen LogP contribution in [0.25, 0.3) is 6.08 Å². The molecule has 0 saturated carbocycles. The van der Waals surface area contributed by atoms with Gasteiger partial charge < -0.3 is 14.2 Å². The van der Waals surface area contributed by atoms with E-state index < -0.39 is 5.97 Å². The van der Waals surface area contributed by atoms with Crippen LogP contribution in [0.5, 0.6) is 11.5 Å². The van der Waals surface area contributed by atoms with Gasteiger partial charge in [0.15, 0.2) is 5.70 Å². The standard InChI is InChI=1S/C18H14FNO4/c1-22-14-8-12(9-15(10-14)23-2)17-20-16(18(21)24-17)7-11-3-5-13(19)6-4-11/h3-10H,1-2H3/b16-7-. The quantitative estimate of drug-likeness (QED) is 0.639. The van der Waals surface area contributed by atoms with E-state index in [1.807, 2.05) is 0 Å². The molecule has 0 fully saturated rings. The highest BCUT2D eigenvalue weighted by molar-refractivity contribution is 6.13. The molecule has 0 aromatic heterocycles. The summed E-state index contributed by atoms with van der Waals surface area (Å²) in [5, 5.41) is 0. The molecule has 1 aliphatic rings. The Morgan fingerprint density at radius 1 is 1.04 bits per heavy atom. The molecule has 2 aromatic rings. The zero-order chi connectivity index (χ0) is 17.1. The number of hydrogen-bond donors (Lipinski definition) is 0. The SMILES string of the molecule is COc1cc(OC)cc(C2=N/C(=C\c3ccc(F)cc3)C(=O)O2)c1. The van der Waals surface area contributed by atoms with E-state index in [0.717, 1.165) is 0 Å². The predicted molar refractivity (Wildman–Crippen MR) is 86.6 cm³/mol. The summed E-state index contributed by atoms with van der Waals surface area (Å²) in [6.45, 7) is 0. The number of nitrogens with zero attached hydrogens (tertiary/aromatic N) is 1. The van der Waals surface area contributed by atoms with Crippen molar-refractivity contribution in [2.75, 3.05) is 14.2 Å². The summed E-state index contributed by atoms with van der Waals surface area (Å²) in [4.78, 5) is 16.2. The number of carbonyl (C=O) groups excluding carboxylic acids is 1. The molecule has 0 bridgehead atoms. The summed E-state index contributed by atoms with van der Waals surface area (Å²) in [6.07, 6.45) is 1.53. The molecule has 0 amide bonds. The zero-order valence-corrected chi connectivity index (χ0v) is 13.1. The minimum Gasteiger partial charge on any atom is -0.497 e. The van der Waals surface area contributed by atoms with Crippen LogP contribution in [0.1, 0.15) is 11.1 Å². The van der Waals surface area contributed by atoms with Crippen molar-refractivity contribution in [3.8, 4) is 11.5 Å². The highest BCUT2D eigenvalue weighted by atomic mass is 19.1. The number of cyclic esters (lactones) is 1. The van der Waals surface area contributed by atoms with Crippen LogP contribution in [0.2, 0.25) is 0 Å². The second-order valence-corrected chi connectivity index (χ2v) is 4.99. The number of hydrogen-bond acceptors (Lipinski definition) is 5. The summed E-state index contributed by atoms with van der Waals surface area (Å²) in [6, 6.07) is 10.8. The number of halogens is 1. The maximum absolute atomic E-state index is 12.9. The molecule has 0 unspecified atom stereocenters. The third kappa shape index (κ3) is 3.27. The summed E-state index contributed by atoms with van der Waals surface area (Å²) in [7, 11) is 3.06. The molecule has 1 heterocycles. The lowest BCUT2D eigenvalue weighted by Gasteiger charge is -2.07.